The molecule has 0 aliphatic heterocycles. The molecule has 2 atom stereocenters. The van der Waals surface area contributed by atoms with Crippen molar-refractivity contribution in [3.05, 3.63) is 34.3 Å². The molecule has 110 valence electrons. The number of hydrogen-bond acceptors (Lipinski definition) is 3. The maximum absolute atomic E-state index is 11.8. The number of benzene rings is 1. The first-order valence-corrected chi connectivity index (χ1v) is 7.18. The van der Waals surface area contributed by atoms with E-state index in [1.807, 2.05) is 32.0 Å². The van der Waals surface area contributed by atoms with Gasteiger partial charge in [0.25, 0.3) is 0 Å². The summed E-state index contributed by atoms with van der Waals surface area (Å²) in [7, 11) is 1.61. The number of nitrogens with one attached hydrogen (secondary N) is 1. The molecule has 1 aromatic carbocycles. The minimum absolute atomic E-state index is 0.0444. The van der Waals surface area contributed by atoms with Gasteiger partial charge in [-0.15, -0.1) is 0 Å². The lowest BCUT2D eigenvalue weighted by Gasteiger charge is -2.32. The zero-order valence-corrected chi connectivity index (χ0v) is 12.7. The topological polar surface area (TPSA) is 47.6 Å². The zero-order valence-electron chi connectivity index (χ0n) is 12.0. The molecule has 1 amide bonds. The Balaban J connectivity index is 2.17. The fraction of sp³-hybridized carbons (Fsp3) is 0.533. The summed E-state index contributed by atoms with van der Waals surface area (Å²) in [5.41, 5.74) is 2.10. The van der Waals surface area contributed by atoms with Crippen molar-refractivity contribution < 1.29 is 14.3 Å². The van der Waals surface area contributed by atoms with Crippen LogP contribution in [0.5, 0.6) is 0 Å². The van der Waals surface area contributed by atoms with Crippen molar-refractivity contribution in [2.75, 3.05) is 7.11 Å². The third kappa shape index (κ3) is 3.25. The molecule has 5 heteroatoms. The first-order valence-electron chi connectivity index (χ1n) is 6.80. The SMILES string of the molecule is CO[C@H]1c2c(Cl)cccc2CC[C@H]1OC(=O)NC(C)C. The number of rotatable bonds is 3. The average molecular weight is 298 g/mol. The Morgan fingerprint density at radius 3 is 2.85 bits per heavy atom. The highest BCUT2D eigenvalue weighted by Crippen LogP contribution is 2.38. The predicted molar refractivity (Wildman–Crippen MR) is 78.1 cm³/mol. The van der Waals surface area contributed by atoms with E-state index in [1.54, 1.807) is 7.11 Å². The molecule has 0 spiro atoms. The molecule has 4 nitrogen and oxygen atoms in total. The van der Waals surface area contributed by atoms with Crippen LogP contribution in [0.1, 0.15) is 37.5 Å². The third-order valence-corrected chi connectivity index (χ3v) is 3.71. The number of carbonyl (C=O) groups is 1. The van der Waals surface area contributed by atoms with Gasteiger partial charge in [0.15, 0.2) is 0 Å². The van der Waals surface area contributed by atoms with Gasteiger partial charge >= 0.3 is 6.09 Å². The number of aryl methyl sites for hydroxylation is 1. The maximum atomic E-state index is 11.8. The summed E-state index contributed by atoms with van der Waals surface area (Å²) in [5, 5.41) is 3.38. The van der Waals surface area contributed by atoms with E-state index in [4.69, 9.17) is 21.1 Å². The number of alkyl carbamates (subject to hydrolysis) is 1. The first-order chi connectivity index (χ1) is 9.52. The molecule has 0 unspecified atom stereocenters. The molecule has 0 aromatic heterocycles. The Morgan fingerprint density at radius 1 is 1.45 bits per heavy atom. The highest BCUT2D eigenvalue weighted by atomic mass is 35.5. The molecule has 1 aliphatic rings. The van der Waals surface area contributed by atoms with Crippen LogP contribution in [0.2, 0.25) is 5.02 Å². The van der Waals surface area contributed by atoms with Crippen molar-refractivity contribution in [2.45, 2.75) is 44.9 Å². The van der Waals surface area contributed by atoms with Gasteiger partial charge in [-0.2, -0.15) is 0 Å². The lowest BCUT2D eigenvalue weighted by atomic mass is 9.87. The van der Waals surface area contributed by atoms with Crippen LogP contribution in [0.4, 0.5) is 4.79 Å². The van der Waals surface area contributed by atoms with E-state index < -0.39 is 6.09 Å². The lowest BCUT2D eigenvalue weighted by Crippen LogP contribution is -2.38. The van der Waals surface area contributed by atoms with Gasteiger partial charge in [-0.3, -0.25) is 0 Å². The van der Waals surface area contributed by atoms with Crippen LogP contribution in [0.25, 0.3) is 0 Å². The number of ether oxygens (including phenoxy) is 2. The molecular formula is C15H20ClNO3. The smallest absolute Gasteiger partial charge is 0.407 e. The monoisotopic (exact) mass is 297 g/mol. The van der Waals surface area contributed by atoms with Crippen LogP contribution >= 0.6 is 11.6 Å². The van der Waals surface area contributed by atoms with Crippen molar-refractivity contribution in [1.29, 1.82) is 0 Å². The minimum Gasteiger partial charge on any atom is -0.443 e. The molecule has 2 rings (SSSR count). The highest BCUT2D eigenvalue weighted by Gasteiger charge is 2.34. The van der Waals surface area contributed by atoms with E-state index >= 15 is 0 Å². The summed E-state index contributed by atoms with van der Waals surface area (Å²) in [6, 6.07) is 5.85. The van der Waals surface area contributed by atoms with Crippen LogP contribution in [0, 0.1) is 0 Å². The Labute approximate surface area is 124 Å². The predicted octanol–water partition coefficient (Wildman–Crippen LogP) is 3.48. The van der Waals surface area contributed by atoms with Gasteiger partial charge in [0.2, 0.25) is 0 Å². The maximum Gasteiger partial charge on any atom is 0.407 e. The van der Waals surface area contributed by atoms with Gasteiger partial charge in [-0.1, -0.05) is 23.7 Å². The molecule has 0 saturated heterocycles. The number of halogens is 1. The van der Waals surface area contributed by atoms with Crippen LogP contribution in [0.3, 0.4) is 0 Å². The third-order valence-electron chi connectivity index (χ3n) is 3.38. The summed E-state index contributed by atoms with van der Waals surface area (Å²) < 4.78 is 11.0. The molecule has 0 saturated carbocycles. The molecule has 0 radical (unpaired) electrons. The summed E-state index contributed by atoms with van der Waals surface area (Å²) in [6.07, 6.45) is 0.520. The molecule has 20 heavy (non-hydrogen) atoms. The Hall–Kier alpha value is -1.26. The molecule has 0 bridgehead atoms. The van der Waals surface area contributed by atoms with Gasteiger partial charge in [0.05, 0.1) is 0 Å². The van der Waals surface area contributed by atoms with Crippen molar-refractivity contribution >= 4 is 17.7 Å². The second-order valence-corrected chi connectivity index (χ2v) is 5.66. The Morgan fingerprint density at radius 2 is 2.20 bits per heavy atom. The van der Waals surface area contributed by atoms with E-state index in [0.29, 0.717) is 5.02 Å². The summed E-state index contributed by atoms with van der Waals surface area (Å²) in [5.74, 6) is 0. The van der Waals surface area contributed by atoms with E-state index in [1.165, 1.54) is 0 Å². The van der Waals surface area contributed by atoms with Gasteiger partial charge in [-0.25, -0.2) is 4.79 Å². The van der Waals surface area contributed by atoms with Gasteiger partial charge < -0.3 is 14.8 Å². The van der Waals surface area contributed by atoms with E-state index in [0.717, 1.165) is 24.0 Å². The minimum atomic E-state index is -0.414. The summed E-state index contributed by atoms with van der Waals surface area (Å²) >= 11 is 6.27. The number of hydrogen-bond donors (Lipinski definition) is 1. The Kier molecular flexibility index (Phi) is 4.89. The normalized spacial score (nSPS) is 21.4. The number of carbonyl (C=O) groups excluding carboxylic acids is 1. The summed E-state index contributed by atoms with van der Waals surface area (Å²) in [4.78, 5) is 11.8. The van der Waals surface area contributed by atoms with Crippen LogP contribution in [-0.2, 0) is 15.9 Å². The molecule has 1 aromatic rings. The van der Waals surface area contributed by atoms with Crippen molar-refractivity contribution in [2.24, 2.45) is 0 Å². The molecule has 1 aliphatic carbocycles. The van der Waals surface area contributed by atoms with Crippen molar-refractivity contribution in [3.8, 4) is 0 Å². The quantitative estimate of drug-likeness (QED) is 0.929. The van der Waals surface area contributed by atoms with E-state index in [9.17, 15) is 4.79 Å². The number of methoxy groups -OCH3 is 1. The van der Waals surface area contributed by atoms with Crippen LogP contribution in [0.15, 0.2) is 18.2 Å². The molecule has 0 fully saturated rings. The van der Waals surface area contributed by atoms with Crippen LogP contribution < -0.4 is 5.32 Å². The average Bonchev–Trinajstić information content (AvgIpc) is 2.38. The largest absolute Gasteiger partial charge is 0.443 e. The second-order valence-electron chi connectivity index (χ2n) is 5.25. The van der Waals surface area contributed by atoms with Crippen LogP contribution in [-0.4, -0.2) is 25.3 Å². The molecular weight excluding hydrogens is 278 g/mol. The van der Waals surface area contributed by atoms with Crippen molar-refractivity contribution in [1.82, 2.24) is 5.32 Å². The molecule has 1 N–H and O–H groups in total. The van der Waals surface area contributed by atoms with Gasteiger partial charge in [0.1, 0.15) is 12.2 Å². The van der Waals surface area contributed by atoms with E-state index in [-0.39, 0.29) is 18.2 Å². The fourth-order valence-electron chi connectivity index (χ4n) is 2.55. The Bertz CT molecular complexity index is 490. The first kappa shape index (κ1) is 15.1. The standard InChI is InChI=1S/C15H20ClNO3/c1-9(2)17-15(18)20-12-8-7-10-5-4-6-11(16)13(10)14(12)19-3/h4-6,9,12,14H,7-8H2,1-3H3,(H,17,18)/t12-,14-/m1/s1. The van der Waals surface area contributed by atoms with Gasteiger partial charge in [-0.05, 0) is 38.3 Å². The number of fused-ring (bicyclic) bond motifs is 1. The lowest BCUT2D eigenvalue weighted by molar-refractivity contribution is -0.0334. The zero-order chi connectivity index (χ0) is 14.7. The van der Waals surface area contributed by atoms with Crippen molar-refractivity contribution in [3.63, 3.8) is 0 Å². The summed E-state index contributed by atoms with van der Waals surface area (Å²) in [6.45, 7) is 3.78. The van der Waals surface area contributed by atoms with E-state index in [2.05, 4.69) is 5.32 Å². The van der Waals surface area contributed by atoms with Gasteiger partial charge in [0, 0.05) is 23.7 Å². The fourth-order valence-corrected chi connectivity index (χ4v) is 2.85. The number of amides is 1. The second kappa shape index (κ2) is 6.46. The highest BCUT2D eigenvalue weighted by molar-refractivity contribution is 6.31. The molecule has 0 heterocycles.